The Morgan fingerprint density at radius 3 is 2.44 bits per heavy atom. The number of methoxy groups -OCH3 is 1. The van der Waals surface area contributed by atoms with Crippen molar-refractivity contribution in [3.05, 3.63) is 107 Å². The fourth-order valence-electron chi connectivity index (χ4n) is 4.98. The Labute approximate surface area is 188 Å². The summed E-state index contributed by atoms with van der Waals surface area (Å²) in [6.07, 6.45) is 3.08. The van der Waals surface area contributed by atoms with Gasteiger partial charge in [-0.1, -0.05) is 78.4 Å². The van der Waals surface area contributed by atoms with Gasteiger partial charge < -0.3 is 14.1 Å². The van der Waals surface area contributed by atoms with Gasteiger partial charge in [-0.05, 0) is 29.7 Å². The zero-order valence-corrected chi connectivity index (χ0v) is 18.6. The molecule has 0 saturated carbocycles. The van der Waals surface area contributed by atoms with Crippen molar-refractivity contribution in [1.82, 2.24) is 4.57 Å². The first-order valence-corrected chi connectivity index (χ1v) is 10.7. The molecule has 2 atom stereocenters. The first kappa shape index (κ1) is 21.6. The molecular weight excluding hydrogens is 398 g/mol. The molecule has 0 fully saturated rings. The molecule has 0 unspecified atom stereocenters. The third-order valence-corrected chi connectivity index (χ3v) is 6.36. The monoisotopic (exact) mass is 425 g/mol. The Kier molecular flexibility index (Phi) is 5.95. The third kappa shape index (κ3) is 3.42. The van der Waals surface area contributed by atoms with Crippen LogP contribution >= 0.6 is 0 Å². The Hall–Kier alpha value is -3.66. The van der Waals surface area contributed by atoms with E-state index in [2.05, 4.69) is 6.07 Å². The van der Waals surface area contributed by atoms with Crippen LogP contribution in [0.5, 0.6) is 0 Å². The number of hydrogen-bond acceptors (Lipinski definition) is 3. The van der Waals surface area contributed by atoms with Crippen LogP contribution in [0.25, 0.3) is 10.9 Å². The first-order valence-electron chi connectivity index (χ1n) is 10.7. The second kappa shape index (κ2) is 8.83. The number of esters is 1. The summed E-state index contributed by atoms with van der Waals surface area (Å²) in [6, 6.07) is 25.7. The normalized spacial score (nSPS) is 14.0. The highest BCUT2D eigenvalue weighted by molar-refractivity contribution is 5.97. The van der Waals surface area contributed by atoms with Crippen LogP contribution in [0.1, 0.15) is 34.6 Å². The summed E-state index contributed by atoms with van der Waals surface area (Å²) in [5, 5.41) is 0.966. The highest BCUT2D eigenvalue weighted by Crippen LogP contribution is 2.49. The summed E-state index contributed by atoms with van der Waals surface area (Å²) in [7, 11) is 3.39. The fourth-order valence-corrected chi connectivity index (χ4v) is 4.98. The average molecular weight is 426 g/mol. The van der Waals surface area contributed by atoms with Crippen LogP contribution < -0.4 is 0 Å². The zero-order chi connectivity index (χ0) is 22.7. The van der Waals surface area contributed by atoms with Gasteiger partial charge in [0, 0.05) is 36.5 Å². The fraction of sp³-hybridized carbons (Fsp3) is 0.214. The van der Waals surface area contributed by atoms with Crippen LogP contribution in [0.4, 0.5) is 0 Å². The van der Waals surface area contributed by atoms with E-state index in [4.69, 9.17) is 4.74 Å². The maximum atomic E-state index is 13.9. The van der Waals surface area contributed by atoms with Gasteiger partial charge in [-0.25, -0.2) is 0 Å². The van der Waals surface area contributed by atoms with Gasteiger partial charge in [-0.15, -0.1) is 0 Å². The topological polar surface area (TPSA) is 48.3 Å². The number of aromatic nitrogens is 1. The van der Waals surface area contributed by atoms with Gasteiger partial charge in [0.25, 0.3) is 0 Å². The largest absolute Gasteiger partial charge is 0.468 e. The number of aldehydes is 1. The maximum Gasteiger partial charge on any atom is 0.321 e. The molecule has 0 aliphatic carbocycles. The van der Waals surface area contributed by atoms with Crippen molar-refractivity contribution in [3.63, 3.8) is 0 Å². The van der Waals surface area contributed by atoms with Crippen molar-refractivity contribution >= 4 is 23.2 Å². The maximum absolute atomic E-state index is 13.9. The number of para-hydroxylation sites is 1. The van der Waals surface area contributed by atoms with E-state index in [1.165, 1.54) is 7.11 Å². The lowest BCUT2D eigenvalue weighted by Crippen LogP contribution is -2.44. The van der Waals surface area contributed by atoms with Crippen LogP contribution in [-0.4, -0.2) is 23.9 Å². The average Bonchev–Trinajstić information content (AvgIpc) is 3.16. The predicted octanol–water partition coefficient (Wildman–Crippen LogP) is 5.32. The van der Waals surface area contributed by atoms with Crippen LogP contribution in [0.2, 0.25) is 0 Å². The molecular formula is C28H27NO3. The molecule has 4 rings (SSSR count). The van der Waals surface area contributed by atoms with Crippen LogP contribution in [0, 0.1) is 6.92 Å². The number of rotatable bonds is 7. The number of aryl methyl sites for hydroxylation is 2. The lowest BCUT2D eigenvalue weighted by atomic mass is 9.62. The summed E-state index contributed by atoms with van der Waals surface area (Å²) >= 11 is 0. The quantitative estimate of drug-likeness (QED) is 0.297. The minimum atomic E-state index is -1.20. The van der Waals surface area contributed by atoms with E-state index in [9.17, 15) is 9.59 Å². The van der Waals surface area contributed by atoms with Gasteiger partial charge in [0.1, 0.15) is 11.7 Å². The molecule has 1 heterocycles. The smallest absolute Gasteiger partial charge is 0.321 e. The van der Waals surface area contributed by atoms with E-state index in [-0.39, 0.29) is 12.4 Å². The standard InChI is InChI=1S/C28H27NO3/c1-20-10-9-11-21(18-20)24(16-17-30)28(27(31)32-3,22-12-5-4-6-13-22)25-19-29(2)26-15-8-7-14-23(25)26/h4-15,17-19,24H,16H2,1-3H3/t24-,28+/m0/s1. The van der Waals surface area contributed by atoms with E-state index in [1.807, 2.05) is 97.5 Å². The van der Waals surface area contributed by atoms with Crippen molar-refractivity contribution < 1.29 is 14.3 Å². The Balaban J connectivity index is 2.16. The lowest BCUT2D eigenvalue weighted by Gasteiger charge is -2.39. The second-order valence-electron chi connectivity index (χ2n) is 8.21. The van der Waals surface area contributed by atoms with Crippen LogP contribution in [0.3, 0.4) is 0 Å². The van der Waals surface area contributed by atoms with E-state index < -0.39 is 11.3 Å². The number of benzene rings is 3. The number of carbonyl (C=O) groups is 2. The third-order valence-electron chi connectivity index (χ3n) is 6.36. The molecule has 0 bridgehead atoms. The van der Waals surface area contributed by atoms with E-state index in [0.29, 0.717) is 0 Å². The molecule has 4 nitrogen and oxygen atoms in total. The van der Waals surface area contributed by atoms with E-state index in [1.54, 1.807) is 0 Å². The summed E-state index contributed by atoms with van der Waals surface area (Å²) in [6.45, 7) is 2.02. The molecule has 0 N–H and O–H groups in total. The van der Waals surface area contributed by atoms with Gasteiger partial charge in [0.05, 0.1) is 7.11 Å². The summed E-state index contributed by atoms with van der Waals surface area (Å²) < 4.78 is 7.52. The van der Waals surface area contributed by atoms with Gasteiger partial charge in [-0.2, -0.15) is 0 Å². The summed E-state index contributed by atoms with van der Waals surface area (Å²) in [5.41, 5.74) is 3.45. The van der Waals surface area contributed by atoms with Gasteiger partial charge >= 0.3 is 5.97 Å². The van der Waals surface area contributed by atoms with Crippen LogP contribution in [-0.2, 0) is 26.8 Å². The molecule has 0 aliphatic heterocycles. The van der Waals surface area contributed by atoms with Gasteiger partial charge in [0.2, 0.25) is 0 Å². The molecule has 3 aromatic carbocycles. The van der Waals surface area contributed by atoms with Gasteiger partial charge in [-0.3, -0.25) is 4.79 Å². The molecule has 0 radical (unpaired) electrons. The number of hydrogen-bond donors (Lipinski definition) is 0. The predicted molar refractivity (Wildman–Crippen MR) is 127 cm³/mol. The Morgan fingerprint density at radius 2 is 1.75 bits per heavy atom. The van der Waals surface area contributed by atoms with Crippen molar-refractivity contribution in [2.24, 2.45) is 7.05 Å². The van der Waals surface area contributed by atoms with Gasteiger partial charge in [0.15, 0.2) is 0 Å². The highest BCUT2D eigenvalue weighted by Gasteiger charge is 2.51. The highest BCUT2D eigenvalue weighted by atomic mass is 16.5. The molecule has 1 aromatic heterocycles. The number of nitrogens with zero attached hydrogens (tertiary/aromatic N) is 1. The number of fused-ring (bicyclic) bond motifs is 1. The minimum Gasteiger partial charge on any atom is -0.468 e. The molecule has 0 saturated heterocycles. The Bertz CT molecular complexity index is 1260. The van der Waals surface area contributed by atoms with Crippen LogP contribution in [0.15, 0.2) is 85.1 Å². The van der Waals surface area contributed by atoms with Crippen molar-refractivity contribution in [2.45, 2.75) is 24.7 Å². The lowest BCUT2D eigenvalue weighted by molar-refractivity contribution is -0.146. The summed E-state index contributed by atoms with van der Waals surface area (Å²) in [5.74, 6) is -0.825. The van der Waals surface area contributed by atoms with Crippen molar-refractivity contribution in [1.29, 1.82) is 0 Å². The molecule has 0 amide bonds. The minimum absolute atomic E-state index is 0.177. The van der Waals surface area contributed by atoms with Crippen molar-refractivity contribution in [3.8, 4) is 0 Å². The van der Waals surface area contributed by atoms with E-state index in [0.717, 1.165) is 39.4 Å². The number of carbonyl (C=O) groups excluding carboxylic acids is 2. The Morgan fingerprint density at radius 1 is 1.03 bits per heavy atom. The number of ether oxygens (including phenoxy) is 1. The molecule has 162 valence electrons. The molecule has 0 aliphatic rings. The second-order valence-corrected chi connectivity index (χ2v) is 8.21. The molecule has 32 heavy (non-hydrogen) atoms. The molecule has 0 spiro atoms. The first-order chi connectivity index (χ1) is 15.5. The summed E-state index contributed by atoms with van der Waals surface area (Å²) in [4.78, 5) is 25.9. The molecule has 4 heteroatoms. The van der Waals surface area contributed by atoms with Crippen molar-refractivity contribution in [2.75, 3.05) is 7.11 Å². The molecule has 4 aromatic rings. The van der Waals surface area contributed by atoms with E-state index >= 15 is 0 Å². The zero-order valence-electron chi connectivity index (χ0n) is 18.6. The SMILES string of the molecule is COC(=O)[C@@](c1ccccc1)(c1cn(C)c2ccccc12)[C@@H](CC=O)c1cccc(C)c1.